The van der Waals surface area contributed by atoms with Gasteiger partial charge in [0.15, 0.2) is 0 Å². The van der Waals surface area contributed by atoms with Crippen LogP contribution in [0, 0.1) is 0 Å². The molecule has 1 aromatic rings. The number of ether oxygens (including phenoxy) is 1. The van der Waals surface area contributed by atoms with Gasteiger partial charge in [-0.3, -0.25) is 4.68 Å². The normalized spacial score (nSPS) is 19.6. The van der Waals surface area contributed by atoms with Crippen molar-refractivity contribution < 1.29 is 9.53 Å². The summed E-state index contributed by atoms with van der Waals surface area (Å²) in [6.45, 7) is 12.6. The summed E-state index contributed by atoms with van der Waals surface area (Å²) in [5, 5.41) is 4.83. The van der Waals surface area contributed by atoms with Crippen molar-refractivity contribution >= 4 is 6.09 Å². The lowest BCUT2D eigenvalue weighted by Crippen LogP contribution is -2.46. The molecule has 0 bridgehead atoms. The molecule has 1 aliphatic heterocycles. The van der Waals surface area contributed by atoms with Crippen molar-refractivity contribution in [2.75, 3.05) is 13.1 Å². The summed E-state index contributed by atoms with van der Waals surface area (Å²) in [6, 6.07) is 0. The third-order valence-corrected chi connectivity index (χ3v) is 5.50. The highest BCUT2D eigenvalue weighted by atomic mass is 16.6. The standard InChI is InChI=1S/C19H31N3O2/c1-6-15-14-8-9-19(16(14)22(7-2)20-15)10-12-21(13-11-19)17(23)24-18(3,4)5/h6-13H2,1-5H3. The molecule has 24 heavy (non-hydrogen) atoms. The van der Waals surface area contributed by atoms with Gasteiger partial charge in [0, 0.05) is 30.7 Å². The number of aromatic nitrogens is 2. The summed E-state index contributed by atoms with van der Waals surface area (Å²) in [4.78, 5) is 14.2. The fourth-order valence-corrected chi connectivity index (χ4v) is 4.33. The van der Waals surface area contributed by atoms with E-state index in [1.54, 1.807) is 0 Å². The lowest BCUT2D eigenvalue weighted by Gasteiger charge is -2.40. The van der Waals surface area contributed by atoms with Gasteiger partial charge >= 0.3 is 6.09 Å². The van der Waals surface area contributed by atoms with Gasteiger partial charge < -0.3 is 9.64 Å². The Morgan fingerprint density at radius 3 is 2.42 bits per heavy atom. The molecule has 5 heteroatoms. The van der Waals surface area contributed by atoms with Crippen LogP contribution in [-0.4, -0.2) is 39.5 Å². The van der Waals surface area contributed by atoms with E-state index in [4.69, 9.17) is 9.84 Å². The Morgan fingerprint density at radius 1 is 1.21 bits per heavy atom. The molecule has 1 saturated heterocycles. The van der Waals surface area contributed by atoms with Crippen LogP contribution in [0.5, 0.6) is 0 Å². The van der Waals surface area contributed by atoms with E-state index in [0.29, 0.717) is 0 Å². The minimum Gasteiger partial charge on any atom is -0.444 e. The molecule has 1 spiro atoms. The topological polar surface area (TPSA) is 47.4 Å². The van der Waals surface area contributed by atoms with E-state index in [0.717, 1.165) is 45.3 Å². The number of carbonyl (C=O) groups excluding carboxylic acids is 1. The van der Waals surface area contributed by atoms with Crippen LogP contribution in [0.15, 0.2) is 0 Å². The quantitative estimate of drug-likeness (QED) is 0.829. The van der Waals surface area contributed by atoms with Crippen molar-refractivity contribution in [3.8, 4) is 0 Å². The maximum atomic E-state index is 12.3. The minimum absolute atomic E-state index is 0.172. The van der Waals surface area contributed by atoms with Crippen LogP contribution >= 0.6 is 0 Å². The molecule has 0 saturated carbocycles. The molecule has 5 nitrogen and oxygen atoms in total. The van der Waals surface area contributed by atoms with Crippen LogP contribution in [0.2, 0.25) is 0 Å². The van der Waals surface area contributed by atoms with Gasteiger partial charge in [0.25, 0.3) is 0 Å². The molecule has 134 valence electrons. The average molecular weight is 333 g/mol. The Bertz CT molecular complexity index is 619. The predicted molar refractivity (Wildman–Crippen MR) is 94.3 cm³/mol. The first kappa shape index (κ1) is 17.3. The van der Waals surface area contributed by atoms with E-state index in [9.17, 15) is 4.79 Å². The first-order valence-corrected chi connectivity index (χ1v) is 9.36. The van der Waals surface area contributed by atoms with Gasteiger partial charge in [-0.25, -0.2) is 4.79 Å². The van der Waals surface area contributed by atoms with E-state index in [2.05, 4.69) is 18.5 Å². The van der Waals surface area contributed by atoms with E-state index >= 15 is 0 Å². The summed E-state index contributed by atoms with van der Waals surface area (Å²) >= 11 is 0. The third-order valence-electron chi connectivity index (χ3n) is 5.50. The number of aryl methyl sites for hydroxylation is 2. The molecule has 1 amide bonds. The Labute approximate surface area is 145 Å². The number of hydrogen-bond donors (Lipinski definition) is 0. The highest BCUT2D eigenvalue weighted by molar-refractivity contribution is 5.68. The second-order valence-electron chi connectivity index (χ2n) is 8.19. The molecule has 2 heterocycles. The van der Waals surface area contributed by atoms with Crippen molar-refractivity contribution in [3.05, 3.63) is 17.0 Å². The van der Waals surface area contributed by atoms with Crippen LogP contribution in [-0.2, 0) is 29.5 Å². The lowest BCUT2D eigenvalue weighted by atomic mass is 9.76. The number of hydrogen-bond acceptors (Lipinski definition) is 3. The van der Waals surface area contributed by atoms with Gasteiger partial charge in [-0.15, -0.1) is 0 Å². The monoisotopic (exact) mass is 333 g/mol. The van der Waals surface area contributed by atoms with Gasteiger partial charge in [-0.05, 0) is 65.4 Å². The van der Waals surface area contributed by atoms with Crippen molar-refractivity contribution in [1.29, 1.82) is 0 Å². The van der Waals surface area contributed by atoms with Crippen LogP contribution in [0.4, 0.5) is 4.79 Å². The maximum absolute atomic E-state index is 12.3. The Hall–Kier alpha value is -1.52. The fraction of sp³-hybridized carbons (Fsp3) is 0.789. The van der Waals surface area contributed by atoms with Crippen molar-refractivity contribution in [2.45, 2.75) is 84.3 Å². The molecular weight excluding hydrogens is 302 g/mol. The van der Waals surface area contributed by atoms with E-state index in [1.165, 1.54) is 23.4 Å². The number of piperidine rings is 1. The van der Waals surface area contributed by atoms with Crippen LogP contribution in [0.1, 0.15) is 70.8 Å². The largest absolute Gasteiger partial charge is 0.444 e. The zero-order valence-corrected chi connectivity index (χ0v) is 15.8. The molecule has 0 aromatic carbocycles. The number of rotatable bonds is 2. The molecule has 0 atom stereocenters. The minimum atomic E-state index is -0.427. The van der Waals surface area contributed by atoms with Crippen LogP contribution < -0.4 is 0 Å². The van der Waals surface area contributed by atoms with Gasteiger partial charge in [0.2, 0.25) is 0 Å². The smallest absolute Gasteiger partial charge is 0.410 e. The summed E-state index contributed by atoms with van der Waals surface area (Å²) in [7, 11) is 0. The average Bonchev–Trinajstić information content (AvgIpc) is 3.06. The van der Waals surface area contributed by atoms with Gasteiger partial charge in [0.05, 0.1) is 5.69 Å². The molecule has 1 aliphatic carbocycles. The zero-order chi connectivity index (χ0) is 17.5. The van der Waals surface area contributed by atoms with E-state index < -0.39 is 5.60 Å². The number of carbonyl (C=O) groups is 1. The number of amides is 1. The lowest BCUT2D eigenvalue weighted by molar-refractivity contribution is 0.0160. The third kappa shape index (κ3) is 2.93. The molecule has 0 radical (unpaired) electrons. The highest BCUT2D eigenvalue weighted by Gasteiger charge is 2.46. The summed E-state index contributed by atoms with van der Waals surface area (Å²) in [5.41, 5.74) is 4.02. The fourth-order valence-electron chi connectivity index (χ4n) is 4.33. The van der Waals surface area contributed by atoms with E-state index in [1.807, 2.05) is 25.7 Å². The van der Waals surface area contributed by atoms with Gasteiger partial charge in [-0.1, -0.05) is 6.92 Å². The molecule has 3 rings (SSSR count). The number of likely N-dealkylation sites (tertiary alicyclic amines) is 1. The summed E-state index contributed by atoms with van der Waals surface area (Å²) in [6.07, 6.45) is 5.23. The Kier molecular flexibility index (Phi) is 4.39. The molecule has 0 unspecified atom stereocenters. The maximum Gasteiger partial charge on any atom is 0.410 e. The first-order valence-electron chi connectivity index (χ1n) is 9.36. The SMILES string of the molecule is CCc1nn(CC)c2c1CCC21CCN(C(=O)OC(C)(C)C)CC1. The van der Waals surface area contributed by atoms with E-state index in [-0.39, 0.29) is 11.5 Å². The second-order valence-corrected chi connectivity index (χ2v) is 8.19. The molecule has 2 aliphatic rings. The Balaban J connectivity index is 1.76. The van der Waals surface area contributed by atoms with Crippen LogP contribution in [0.3, 0.4) is 0 Å². The second kappa shape index (κ2) is 6.08. The first-order chi connectivity index (χ1) is 11.3. The Morgan fingerprint density at radius 2 is 1.88 bits per heavy atom. The van der Waals surface area contributed by atoms with Crippen LogP contribution in [0.25, 0.3) is 0 Å². The van der Waals surface area contributed by atoms with Crippen molar-refractivity contribution in [3.63, 3.8) is 0 Å². The summed E-state index contributed by atoms with van der Waals surface area (Å²) < 4.78 is 7.76. The van der Waals surface area contributed by atoms with Gasteiger partial charge in [0.1, 0.15) is 5.60 Å². The number of fused-ring (bicyclic) bond motifs is 2. The molecule has 0 N–H and O–H groups in total. The van der Waals surface area contributed by atoms with Crippen molar-refractivity contribution in [2.24, 2.45) is 0 Å². The number of nitrogens with zero attached hydrogens (tertiary/aromatic N) is 3. The van der Waals surface area contributed by atoms with Crippen molar-refractivity contribution in [1.82, 2.24) is 14.7 Å². The molecular formula is C19H31N3O2. The predicted octanol–water partition coefficient (Wildman–Crippen LogP) is 3.68. The molecule has 1 aromatic heterocycles. The highest BCUT2D eigenvalue weighted by Crippen LogP contribution is 2.47. The van der Waals surface area contributed by atoms with Gasteiger partial charge in [-0.2, -0.15) is 5.10 Å². The zero-order valence-electron chi connectivity index (χ0n) is 15.8. The molecule has 1 fully saturated rings. The summed E-state index contributed by atoms with van der Waals surface area (Å²) in [5.74, 6) is 0.